The van der Waals surface area contributed by atoms with E-state index in [9.17, 15) is 4.79 Å². The molecule has 1 aliphatic heterocycles. The number of hydrogen-bond acceptors (Lipinski definition) is 6. The second-order valence-electron chi connectivity index (χ2n) is 5.36. The van der Waals surface area contributed by atoms with Gasteiger partial charge in [0, 0.05) is 5.56 Å². The molecule has 8 heteroatoms. The van der Waals surface area contributed by atoms with Crippen molar-refractivity contribution in [2.75, 3.05) is 13.9 Å². The maximum absolute atomic E-state index is 11.6. The lowest BCUT2D eigenvalue weighted by Crippen LogP contribution is -2.13. The Morgan fingerprint density at radius 3 is 2.44 bits per heavy atom. The van der Waals surface area contributed by atoms with Crippen molar-refractivity contribution in [2.45, 2.75) is 0 Å². The second kappa shape index (κ2) is 5.82. The zero-order valence-corrected chi connectivity index (χ0v) is 13.3. The molecule has 0 saturated heterocycles. The van der Waals surface area contributed by atoms with Crippen molar-refractivity contribution in [3.63, 3.8) is 0 Å². The Morgan fingerprint density at radius 2 is 1.80 bits per heavy atom. The number of rotatable bonds is 4. The highest BCUT2D eigenvalue weighted by atomic mass is 16.7. The molecule has 1 aromatic heterocycles. The highest BCUT2D eigenvalue weighted by Crippen LogP contribution is 2.43. The Morgan fingerprint density at radius 1 is 1.12 bits per heavy atom. The first kappa shape index (κ1) is 15.0. The van der Waals surface area contributed by atoms with Gasteiger partial charge in [0.05, 0.1) is 7.11 Å². The summed E-state index contributed by atoms with van der Waals surface area (Å²) in [4.78, 5) is 11.6. The van der Waals surface area contributed by atoms with Crippen LogP contribution in [0.2, 0.25) is 0 Å². The second-order valence-corrected chi connectivity index (χ2v) is 5.36. The number of amides is 1. The third kappa shape index (κ3) is 2.53. The summed E-state index contributed by atoms with van der Waals surface area (Å²) >= 11 is 0. The van der Waals surface area contributed by atoms with Crippen LogP contribution in [-0.4, -0.2) is 35.2 Å². The van der Waals surface area contributed by atoms with Gasteiger partial charge in [-0.05, 0) is 35.4 Å². The van der Waals surface area contributed by atoms with Crippen LogP contribution in [0, 0.1) is 0 Å². The predicted octanol–water partition coefficient (Wildman–Crippen LogP) is 1.97. The summed E-state index contributed by atoms with van der Waals surface area (Å²) in [6, 6.07) is 11.1. The number of aromatic amines is 1. The molecule has 1 aliphatic rings. The molecule has 25 heavy (non-hydrogen) atoms. The van der Waals surface area contributed by atoms with Crippen molar-refractivity contribution in [1.82, 2.24) is 15.4 Å². The summed E-state index contributed by atoms with van der Waals surface area (Å²) in [5, 5.41) is 10.4. The van der Waals surface area contributed by atoms with E-state index >= 15 is 0 Å². The van der Waals surface area contributed by atoms with Crippen LogP contribution in [0.4, 0.5) is 0 Å². The lowest BCUT2D eigenvalue weighted by atomic mass is 9.95. The zero-order valence-electron chi connectivity index (χ0n) is 13.3. The van der Waals surface area contributed by atoms with E-state index in [4.69, 9.17) is 19.9 Å². The van der Waals surface area contributed by atoms with Crippen molar-refractivity contribution in [3.05, 3.63) is 42.1 Å². The normalized spacial score (nSPS) is 12.2. The van der Waals surface area contributed by atoms with Crippen molar-refractivity contribution in [1.29, 1.82) is 0 Å². The Bertz CT molecular complexity index is 950. The van der Waals surface area contributed by atoms with Crippen LogP contribution in [-0.2, 0) is 0 Å². The number of nitrogens with two attached hydrogens (primary N) is 1. The van der Waals surface area contributed by atoms with Gasteiger partial charge in [-0.15, -0.1) is 0 Å². The number of carbonyl (C=O) groups excluding carboxylic acids is 1. The van der Waals surface area contributed by atoms with E-state index in [2.05, 4.69) is 15.4 Å². The first-order valence-corrected chi connectivity index (χ1v) is 7.46. The first-order chi connectivity index (χ1) is 12.2. The molecule has 0 unspecified atom stereocenters. The highest BCUT2D eigenvalue weighted by Gasteiger charge is 2.24. The van der Waals surface area contributed by atoms with Crippen LogP contribution in [0.25, 0.3) is 22.4 Å². The van der Waals surface area contributed by atoms with Crippen LogP contribution in [0.15, 0.2) is 36.4 Å². The SMILES string of the molecule is COc1ccc(-c2cc3c(cc2-c2n[nH]nc2C(N)=O)OCO3)cc1. The largest absolute Gasteiger partial charge is 0.497 e. The zero-order chi connectivity index (χ0) is 17.4. The average Bonchev–Trinajstić information content (AvgIpc) is 3.29. The van der Waals surface area contributed by atoms with Gasteiger partial charge < -0.3 is 19.9 Å². The van der Waals surface area contributed by atoms with Crippen LogP contribution in [0.1, 0.15) is 10.5 Å². The van der Waals surface area contributed by atoms with Crippen LogP contribution < -0.4 is 19.9 Å². The number of nitrogens with one attached hydrogen (secondary N) is 1. The standard InChI is InChI=1S/C17H14N4O4/c1-23-10-4-2-9(3-5-10)11-6-13-14(25-8-24-13)7-12(11)15-16(17(18)22)20-21-19-15/h2-7H,8H2,1H3,(H2,18,22)(H,19,20,21). The molecule has 2 heterocycles. The smallest absolute Gasteiger partial charge is 0.271 e. The fraction of sp³-hybridized carbons (Fsp3) is 0.118. The number of H-pyrrole nitrogens is 1. The molecule has 3 N–H and O–H groups in total. The van der Waals surface area contributed by atoms with Crippen molar-refractivity contribution in [3.8, 4) is 39.6 Å². The minimum Gasteiger partial charge on any atom is -0.497 e. The maximum Gasteiger partial charge on any atom is 0.271 e. The molecular formula is C17H14N4O4. The average molecular weight is 338 g/mol. The molecule has 126 valence electrons. The van der Waals surface area contributed by atoms with Crippen molar-refractivity contribution >= 4 is 5.91 Å². The van der Waals surface area contributed by atoms with Crippen LogP contribution in [0.5, 0.6) is 17.2 Å². The van der Waals surface area contributed by atoms with Crippen molar-refractivity contribution < 1.29 is 19.0 Å². The monoisotopic (exact) mass is 338 g/mol. The molecular weight excluding hydrogens is 324 g/mol. The van der Waals surface area contributed by atoms with E-state index in [1.165, 1.54) is 0 Å². The molecule has 0 aliphatic carbocycles. The minimum absolute atomic E-state index is 0.0635. The summed E-state index contributed by atoms with van der Waals surface area (Å²) in [5.74, 6) is 1.27. The van der Waals surface area contributed by atoms with E-state index in [-0.39, 0.29) is 12.5 Å². The summed E-state index contributed by atoms with van der Waals surface area (Å²) in [6.07, 6.45) is 0. The number of ether oxygens (including phenoxy) is 3. The third-order valence-corrected chi connectivity index (χ3v) is 3.95. The van der Waals surface area contributed by atoms with Gasteiger partial charge in [-0.2, -0.15) is 15.4 Å². The highest BCUT2D eigenvalue weighted by molar-refractivity contribution is 5.99. The van der Waals surface area contributed by atoms with Gasteiger partial charge in [0.15, 0.2) is 17.2 Å². The van der Waals surface area contributed by atoms with Crippen LogP contribution in [0.3, 0.4) is 0 Å². The number of hydrogen-bond donors (Lipinski definition) is 2. The van der Waals surface area contributed by atoms with Gasteiger partial charge in [-0.3, -0.25) is 4.79 Å². The first-order valence-electron chi connectivity index (χ1n) is 7.46. The Labute approximate surface area is 142 Å². The Balaban J connectivity index is 1.93. The number of nitrogens with zero attached hydrogens (tertiary/aromatic N) is 2. The van der Waals surface area contributed by atoms with E-state index in [1.807, 2.05) is 30.3 Å². The van der Waals surface area contributed by atoms with Gasteiger partial charge in [-0.25, -0.2) is 0 Å². The molecule has 1 amide bonds. The van der Waals surface area contributed by atoms with Gasteiger partial charge >= 0.3 is 0 Å². The number of benzene rings is 2. The molecule has 0 radical (unpaired) electrons. The number of methoxy groups -OCH3 is 1. The van der Waals surface area contributed by atoms with Gasteiger partial charge in [0.25, 0.3) is 5.91 Å². The summed E-state index contributed by atoms with van der Waals surface area (Å²) in [5.41, 5.74) is 8.19. The fourth-order valence-electron chi connectivity index (χ4n) is 2.74. The van der Waals surface area contributed by atoms with E-state index in [0.29, 0.717) is 22.8 Å². The van der Waals surface area contributed by atoms with Crippen molar-refractivity contribution in [2.24, 2.45) is 5.73 Å². The minimum atomic E-state index is -0.665. The molecule has 8 nitrogen and oxygen atoms in total. The lowest BCUT2D eigenvalue weighted by Gasteiger charge is -2.11. The number of primary amides is 1. The van der Waals surface area contributed by atoms with Gasteiger partial charge in [0.1, 0.15) is 11.4 Å². The summed E-state index contributed by atoms with van der Waals surface area (Å²) in [6.45, 7) is 0.141. The topological polar surface area (TPSA) is 112 Å². The van der Waals surface area contributed by atoms with Gasteiger partial charge in [-0.1, -0.05) is 12.1 Å². The van der Waals surface area contributed by atoms with E-state index in [1.54, 1.807) is 13.2 Å². The summed E-state index contributed by atoms with van der Waals surface area (Å²) < 4.78 is 16.1. The van der Waals surface area contributed by atoms with Gasteiger partial charge in [0.2, 0.25) is 6.79 Å². The molecule has 0 atom stereocenters. The third-order valence-electron chi connectivity index (χ3n) is 3.95. The van der Waals surface area contributed by atoms with Crippen LogP contribution >= 0.6 is 0 Å². The quantitative estimate of drug-likeness (QED) is 0.752. The molecule has 3 aromatic rings. The lowest BCUT2D eigenvalue weighted by molar-refractivity contribution is 0.0996. The number of fused-ring (bicyclic) bond motifs is 1. The Hall–Kier alpha value is -3.55. The molecule has 2 aromatic carbocycles. The number of carbonyl (C=O) groups is 1. The molecule has 4 rings (SSSR count). The summed E-state index contributed by atoms with van der Waals surface area (Å²) in [7, 11) is 1.61. The Kier molecular flexibility index (Phi) is 3.50. The predicted molar refractivity (Wildman–Crippen MR) is 88.4 cm³/mol. The fourth-order valence-corrected chi connectivity index (χ4v) is 2.74. The molecule has 0 saturated carbocycles. The molecule has 0 fully saturated rings. The van der Waals surface area contributed by atoms with E-state index in [0.717, 1.165) is 16.9 Å². The van der Waals surface area contributed by atoms with E-state index < -0.39 is 5.91 Å². The molecule has 0 bridgehead atoms. The molecule has 0 spiro atoms. The number of aromatic nitrogens is 3. The maximum atomic E-state index is 11.6.